The molecular weight excluding hydrogens is 228 g/mol. The van der Waals surface area contributed by atoms with Gasteiger partial charge in [-0.1, -0.05) is 6.07 Å². The Bertz CT molecular complexity index is 421. The van der Waals surface area contributed by atoms with Crippen LogP contribution in [0.15, 0.2) is 18.3 Å². The second-order valence-electron chi connectivity index (χ2n) is 4.48. The zero-order valence-corrected chi connectivity index (χ0v) is 10.9. The Morgan fingerprint density at radius 1 is 1.61 bits per heavy atom. The van der Waals surface area contributed by atoms with E-state index in [0.29, 0.717) is 0 Å². The maximum atomic E-state index is 11.6. The van der Waals surface area contributed by atoms with Gasteiger partial charge in [0.2, 0.25) is 5.91 Å². The first-order chi connectivity index (χ1) is 8.72. The molecule has 0 saturated carbocycles. The summed E-state index contributed by atoms with van der Waals surface area (Å²) in [5.74, 6) is 1.02. The van der Waals surface area contributed by atoms with Gasteiger partial charge in [0, 0.05) is 37.9 Å². The van der Waals surface area contributed by atoms with E-state index in [4.69, 9.17) is 0 Å². The number of nitrogens with one attached hydrogen (secondary N) is 2. The third-order valence-corrected chi connectivity index (χ3v) is 3.23. The number of hydrogen-bond donors (Lipinski definition) is 2. The van der Waals surface area contributed by atoms with Gasteiger partial charge in [0.1, 0.15) is 5.82 Å². The summed E-state index contributed by atoms with van der Waals surface area (Å²) in [5, 5.41) is 6.13. The van der Waals surface area contributed by atoms with Crippen molar-refractivity contribution in [2.24, 2.45) is 0 Å². The Morgan fingerprint density at radius 3 is 3.22 bits per heavy atom. The van der Waals surface area contributed by atoms with Crippen molar-refractivity contribution in [1.82, 2.24) is 15.2 Å². The van der Waals surface area contributed by atoms with Crippen LogP contribution in [0.2, 0.25) is 0 Å². The number of anilines is 1. The standard InChI is InChI=1S/C13H20N4O/c1-3-14-12-11(5-4-6-15-12)9-17-8-7-16-13(18)10(17)2/h4-6,10H,3,7-9H2,1-2H3,(H,14,15)(H,16,18). The van der Waals surface area contributed by atoms with Crippen LogP contribution >= 0.6 is 0 Å². The second kappa shape index (κ2) is 5.82. The molecule has 0 aromatic carbocycles. The van der Waals surface area contributed by atoms with Crippen LogP contribution in [0, 0.1) is 0 Å². The summed E-state index contributed by atoms with van der Waals surface area (Å²) < 4.78 is 0. The van der Waals surface area contributed by atoms with E-state index in [2.05, 4.69) is 33.5 Å². The number of hydrogen-bond acceptors (Lipinski definition) is 4. The number of amides is 1. The molecule has 1 amide bonds. The van der Waals surface area contributed by atoms with E-state index in [1.165, 1.54) is 0 Å². The fourth-order valence-electron chi connectivity index (χ4n) is 2.16. The highest BCUT2D eigenvalue weighted by atomic mass is 16.2. The van der Waals surface area contributed by atoms with Crippen molar-refractivity contribution >= 4 is 11.7 Å². The topological polar surface area (TPSA) is 57.3 Å². The summed E-state index contributed by atoms with van der Waals surface area (Å²) in [6, 6.07) is 3.92. The summed E-state index contributed by atoms with van der Waals surface area (Å²) in [7, 11) is 0. The smallest absolute Gasteiger partial charge is 0.237 e. The van der Waals surface area contributed by atoms with E-state index in [1.807, 2.05) is 13.0 Å². The monoisotopic (exact) mass is 248 g/mol. The van der Waals surface area contributed by atoms with Gasteiger partial charge in [-0.05, 0) is 19.9 Å². The normalized spacial score (nSPS) is 20.6. The molecule has 1 aromatic heterocycles. The number of nitrogens with zero attached hydrogens (tertiary/aromatic N) is 2. The SMILES string of the molecule is CCNc1ncccc1CN1CCNC(=O)C1C. The zero-order valence-electron chi connectivity index (χ0n) is 10.9. The lowest BCUT2D eigenvalue weighted by atomic mass is 10.1. The van der Waals surface area contributed by atoms with Gasteiger partial charge < -0.3 is 10.6 Å². The minimum absolute atomic E-state index is 0.0755. The summed E-state index contributed by atoms with van der Waals surface area (Å²) in [4.78, 5) is 18.1. The molecule has 0 spiro atoms. The highest BCUT2D eigenvalue weighted by molar-refractivity contribution is 5.82. The maximum absolute atomic E-state index is 11.6. The molecule has 1 unspecified atom stereocenters. The van der Waals surface area contributed by atoms with Crippen LogP contribution in [0.3, 0.4) is 0 Å². The third kappa shape index (κ3) is 2.79. The lowest BCUT2D eigenvalue weighted by Gasteiger charge is -2.33. The van der Waals surface area contributed by atoms with E-state index in [1.54, 1.807) is 6.20 Å². The average molecular weight is 248 g/mol. The van der Waals surface area contributed by atoms with Crippen LogP contribution in [0.5, 0.6) is 0 Å². The van der Waals surface area contributed by atoms with Crippen molar-refractivity contribution in [3.8, 4) is 0 Å². The van der Waals surface area contributed by atoms with Crippen molar-refractivity contribution < 1.29 is 4.79 Å². The minimum atomic E-state index is -0.0755. The average Bonchev–Trinajstić information content (AvgIpc) is 2.37. The van der Waals surface area contributed by atoms with Crippen LogP contribution < -0.4 is 10.6 Å². The third-order valence-electron chi connectivity index (χ3n) is 3.23. The zero-order chi connectivity index (χ0) is 13.0. The van der Waals surface area contributed by atoms with E-state index < -0.39 is 0 Å². The predicted octanol–water partition coefficient (Wildman–Crippen LogP) is 0.834. The van der Waals surface area contributed by atoms with E-state index in [9.17, 15) is 4.79 Å². The van der Waals surface area contributed by atoms with E-state index in [-0.39, 0.29) is 11.9 Å². The molecule has 2 heterocycles. The van der Waals surface area contributed by atoms with Gasteiger partial charge in [-0.3, -0.25) is 9.69 Å². The molecule has 98 valence electrons. The van der Waals surface area contributed by atoms with Crippen LogP contribution in [0.1, 0.15) is 19.4 Å². The second-order valence-corrected chi connectivity index (χ2v) is 4.48. The molecule has 1 aromatic rings. The molecular formula is C13H20N4O. The lowest BCUT2D eigenvalue weighted by Crippen LogP contribution is -2.53. The molecule has 2 rings (SSSR count). The number of pyridine rings is 1. The molecule has 0 bridgehead atoms. The van der Waals surface area contributed by atoms with Gasteiger partial charge in [-0.25, -0.2) is 4.98 Å². The molecule has 1 saturated heterocycles. The molecule has 0 radical (unpaired) electrons. The quantitative estimate of drug-likeness (QED) is 0.829. The fraction of sp³-hybridized carbons (Fsp3) is 0.538. The van der Waals surface area contributed by atoms with Gasteiger partial charge in [0.25, 0.3) is 0 Å². The van der Waals surface area contributed by atoms with Crippen molar-refractivity contribution in [2.45, 2.75) is 26.4 Å². The first-order valence-electron chi connectivity index (χ1n) is 6.42. The number of rotatable bonds is 4. The maximum Gasteiger partial charge on any atom is 0.237 e. The number of carbonyl (C=O) groups excluding carboxylic acids is 1. The molecule has 2 N–H and O–H groups in total. The molecule has 1 aliphatic rings. The van der Waals surface area contributed by atoms with Crippen LogP contribution in [-0.4, -0.2) is 41.5 Å². The first kappa shape index (κ1) is 12.8. The highest BCUT2D eigenvalue weighted by Crippen LogP contribution is 2.16. The van der Waals surface area contributed by atoms with Gasteiger partial charge in [0.15, 0.2) is 0 Å². The number of piperazine rings is 1. The summed E-state index contributed by atoms with van der Waals surface area (Å²) >= 11 is 0. The molecule has 18 heavy (non-hydrogen) atoms. The van der Waals surface area contributed by atoms with E-state index in [0.717, 1.165) is 37.6 Å². The van der Waals surface area contributed by atoms with Gasteiger partial charge >= 0.3 is 0 Å². The Morgan fingerprint density at radius 2 is 2.44 bits per heavy atom. The summed E-state index contributed by atoms with van der Waals surface area (Å²) in [6.07, 6.45) is 1.79. The minimum Gasteiger partial charge on any atom is -0.370 e. The van der Waals surface area contributed by atoms with Gasteiger partial charge in [-0.15, -0.1) is 0 Å². The number of aromatic nitrogens is 1. The largest absolute Gasteiger partial charge is 0.370 e. The van der Waals surface area contributed by atoms with Crippen molar-refractivity contribution in [1.29, 1.82) is 0 Å². The van der Waals surface area contributed by atoms with Crippen molar-refractivity contribution in [3.63, 3.8) is 0 Å². The molecule has 5 heteroatoms. The summed E-state index contributed by atoms with van der Waals surface area (Å²) in [5.41, 5.74) is 1.14. The number of carbonyl (C=O) groups is 1. The fourth-order valence-corrected chi connectivity index (χ4v) is 2.16. The predicted molar refractivity (Wildman–Crippen MR) is 71.3 cm³/mol. The molecule has 1 aliphatic heterocycles. The Labute approximate surface area is 108 Å². The Hall–Kier alpha value is -1.62. The molecule has 0 aliphatic carbocycles. The van der Waals surface area contributed by atoms with Crippen LogP contribution in [-0.2, 0) is 11.3 Å². The lowest BCUT2D eigenvalue weighted by molar-refractivity contribution is -0.128. The van der Waals surface area contributed by atoms with Crippen molar-refractivity contribution in [3.05, 3.63) is 23.9 Å². The van der Waals surface area contributed by atoms with Gasteiger partial charge in [-0.2, -0.15) is 0 Å². The highest BCUT2D eigenvalue weighted by Gasteiger charge is 2.25. The summed E-state index contributed by atoms with van der Waals surface area (Å²) in [6.45, 7) is 7.20. The van der Waals surface area contributed by atoms with Gasteiger partial charge in [0.05, 0.1) is 6.04 Å². The van der Waals surface area contributed by atoms with E-state index >= 15 is 0 Å². The van der Waals surface area contributed by atoms with Crippen LogP contribution in [0.4, 0.5) is 5.82 Å². The Kier molecular flexibility index (Phi) is 4.15. The molecule has 1 atom stereocenters. The first-order valence-corrected chi connectivity index (χ1v) is 6.42. The molecule has 5 nitrogen and oxygen atoms in total. The molecule has 1 fully saturated rings. The van der Waals surface area contributed by atoms with Crippen LogP contribution in [0.25, 0.3) is 0 Å². The Balaban J connectivity index is 2.10. The van der Waals surface area contributed by atoms with Crippen molar-refractivity contribution in [2.75, 3.05) is 25.0 Å².